The van der Waals surface area contributed by atoms with Crippen molar-refractivity contribution in [2.24, 2.45) is 0 Å². The quantitative estimate of drug-likeness (QED) is 0.564. The number of benzene rings is 1. The zero-order valence-corrected chi connectivity index (χ0v) is 6.28. The molecule has 2 rings (SSSR count). The molecule has 0 saturated carbocycles. The average Bonchev–Trinajstić information content (AvgIpc) is 1.88. The van der Waals surface area contributed by atoms with Gasteiger partial charge in [-0.3, -0.25) is 0 Å². The largest absolute Gasteiger partial charge is 0.416 e. The molecule has 0 radical (unpaired) electrons. The summed E-state index contributed by atoms with van der Waals surface area (Å²) >= 11 is 0. The minimum atomic E-state index is -4.17. The summed E-state index contributed by atoms with van der Waals surface area (Å²) in [5.41, 5.74) is 0.890. The lowest BCUT2D eigenvalue weighted by atomic mass is 9.85. The topological polar surface area (TPSA) is 0 Å². The van der Waals surface area contributed by atoms with Gasteiger partial charge in [-0.05, 0) is 30.0 Å². The number of aryl methyl sites for hydroxylation is 1. The van der Waals surface area contributed by atoms with Crippen molar-refractivity contribution in [2.75, 3.05) is 0 Å². The van der Waals surface area contributed by atoms with E-state index in [2.05, 4.69) is 0 Å². The monoisotopic (exact) mass is 172 g/mol. The molecule has 0 nitrogen and oxygen atoms in total. The highest BCUT2D eigenvalue weighted by molar-refractivity contribution is 5.43. The third-order valence-electron chi connectivity index (χ3n) is 2.22. The number of alkyl halides is 3. The van der Waals surface area contributed by atoms with Gasteiger partial charge in [-0.1, -0.05) is 12.1 Å². The van der Waals surface area contributed by atoms with Gasteiger partial charge in [0.2, 0.25) is 0 Å². The molecule has 1 aliphatic rings. The second-order valence-corrected chi connectivity index (χ2v) is 2.94. The summed E-state index contributed by atoms with van der Waals surface area (Å²) in [5.74, 6) is 0. The van der Waals surface area contributed by atoms with Gasteiger partial charge in [0.05, 0.1) is 5.56 Å². The van der Waals surface area contributed by atoms with Gasteiger partial charge >= 0.3 is 6.18 Å². The highest BCUT2D eigenvalue weighted by Crippen LogP contribution is 2.37. The summed E-state index contributed by atoms with van der Waals surface area (Å²) in [6.45, 7) is 0. The molecule has 3 heteroatoms. The van der Waals surface area contributed by atoms with E-state index in [1.807, 2.05) is 0 Å². The summed E-state index contributed by atoms with van der Waals surface area (Å²) in [4.78, 5) is 0. The minimum absolute atomic E-state index is 0.453. The van der Waals surface area contributed by atoms with Crippen LogP contribution in [0, 0.1) is 0 Å². The van der Waals surface area contributed by atoms with Gasteiger partial charge in [0.25, 0.3) is 0 Å². The van der Waals surface area contributed by atoms with E-state index in [1.54, 1.807) is 6.07 Å². The van der Waals surface area contributed by atoms with Gasteiger partial charge in [0.15, 0.2) is 0 Å². The first-order valence-electron chi connectivity index (χ1n) is 3.77. The lowest BCUT2D eigenvalue weighted by molar-refractivity contribution is -0.138. The van der Waals surface area contributed by atoms with E-state index in [9.17, 15) is 13.2 Å². The van der Waals surface area contributed by atoms with Crippen LogP contribution < -0.4 is 0 Å². The van der Waals surface area contributed by atoms with Gasteiger partial charge in [-0.15, -0.1) is 0 Å². The van der Waals surface area contributed by atoms with Crippen molar-refractivity contribution in [2.45, 2.75) is 19.0 Å². The lowest BCUT2D eigenvalue weighted by Crippen LogP contribution is -2.17. The second kappa shape index (κ2) is 2.25. The molecule has 0 aliphatic heterocycles. The Balaban J connectivity index is 2.52. The highest BCUT2D eigenvalue weighted by Gasteiger charge is 2.35. The smallest absolute Gasteiger partial charge is 0.166 e. The molecule has 12 heavy (non-hydrogen) atoms. The molecule has 0 atom stereocenters. The maximum absolute atomic E-state index is 12.3. The van der Waals surface area contributed by atoms with Crippen LogP contribution in [0.25, 0.3) is 0 Å². The number of hydrogen-bond donors (Lipinski definition) is 0. The third-order valence-corrected chi connectivity index (χ3v) is 2.22. The maximum Gasteiger partial charge on any atom is 0.416 e. The van der Waals surface area contributed by atoms with Gasteiger partial charge < -0.3 is 0 Å². The molecule has 0 aromatic heterocycles. The highest BCUT2D eigenvalue weighted by atomic mass is 19.4. The van der Waals surface area contributed by atoms with E-state index in [1.165, 1.54) is 6.07 Å². The summed E-state index contributed by atoms with van der Waals surface area (Å²) < 4.78 is 36.8. The molecular weight excluding hydrogens is 165 g/mol. The average molecular weight is 172 g/mol. The Bertz CT molecular complexity index is 312. The molecule has 0 heterocycles. The van der Waals surface area contributed by atoms with Gasteiger partial charge in [-0.2, -0.15) is 13.2 Å². The molecule has 1 aliphatic carbocycles. The van der Waals surface area contributed by atoms with Crippen LogP contribution in [0.2, 0.25) is 0 Å². The Hall–Kier alpha value is -0.990. The Morgan fingerprint density at radius 1 is 1.08 bits per heavy atom. The fourth-order valence-electron chi connectivity index (χ4n) is 1.51. The first-order chi connectivity index (χ1) is 5.59. The number of fused-ring (bicyclic) bond motifs is 1. The zero-order valence-electron chi connectivity index (χ0n) is 6.28. The maximum atomic E-state index is 12.3. The Labute approximate surface area is 68.0 Å². The molecule has 1 aromatic rings. The molecule has 0 saturated heterocycles. The van der Waals surface area contributed by atoms with Crippen molar-refractivity contribution in [3.8, 4) is 0 Å². The van der Waals surface area contributed by atoms with Crippen LogP contribution in [0.15, 0.2) is 18.2 Å². The fraction of sp³-hybridized carbons (Fsp3) is 0.333. The number of rotatable bonds is 0. The van der Waals surface area contributed by atoms with E-state index in [0.29, 0.717) is 12.0 Å². The third kappa shape index (κ3) is 1.00. The molecule has 0 N–H and O–H groups in total. The molecule has 0 fully saturated rings. The SMILES string of the molecule is FC(F)(F)c1cccc2c1CC2. The molecule has 0 amide bonds. The summed E-state index contributed by atoms with van der Waals surface area (Å²) in [7, 11) is 0. The van der Waals surface area contributed by atoms with E-state index < -0.39 is 11.7 Å². The Kier molecular flexibility index (Phi) is 1.43. The number of hydrogen-bond acceptors (Lipinski definition) is 0. The van der Waals surface area contributed by atoms with Gasteiger partial charge in [-0.25, -0.2) is 0 Å². The molecule has 64 valence electrons. The first kappa shape index (κ1) is 7.65. The summed E-state index contributed by atoms with van der Waals surface area (Å²) in [6.07, 6.45) is -2.81. The first-order valence-corrected chi connectivity index (χ1v) is 3.77. The van der Waals surface area contributed by atoms with Crippen molar-refractivity contribution < 1.29 is 13.2 Å². The normalized spacial score (nSPS) is 15.2. The van der Waals surface area contributed by atoms with Crippen molar-refractivity contribution in [3.05, 3.63) is 34.9 Å². The van der Waals surface area contributed by atoms with E-state index in [4.69, 9.17) is 0 Å². The van der Waals surface area contributed by atoms with E-state index >= 15 is 0 Å². The molecule has 0 spiro atoms. The second-order valence-electron chi connectivity index (χ2n) is 2.94. The van der Waals surface area contributed by atoms with Gasteiger partial charge in [0, 0.05) is 0 Å². The minimum Gasteiger partial charge on any atom is -0.166 e. The van der Waals surface area contributed by atoms with Crippen LogP contribution in [0.1, 0.15) is 16.7 Å². The molecule has 0 unspecified atom stereocenters. The Morgan fingerprint density at radius 3 is 2.25 bits per heavy atom. The standard InChI is InChI=1S/C9H7F3/c10-9(11,12)8-3-1-2-6-4-5-7(6)8/h1-3H,4-5H2. The van der Waals surface area contributed by atoms with Crippen LogP contribution in [0.5, 0.6) is 0 Å². The summed E-state index contributed by atoms with van der Waals surface area (Å²) in [6, 6.07) is 4.38. The van der Waals surface area contributed by atoms with Crippen molar-refractivity contribution in [3.63, 3.8) is 0 Å². The number of halogens is 3. The zero-order chi connectivity index (χ0) is 8.77. The van der Waals surface area contributed by atoms with Crippen LogP contribution in [-0.4, -0.2) is 0 Å². The van der Waals surface area contributed by atoms with Crippen LogP contribution in [-0.2, 0) is 19.0 Å². The van der Waals surface area contributed by atoms with E-state index in [0.717, 1.165) is 18.1 Å². The predicted octanol–water partition coefficient (Wildman–Crippen LogP) is 2.80. The summed E-state index contributed by atoms with van der Waals surface area (Å²) in [5, 5.41) is 0. The van der Waals surface area contributed by atoms with Crippen molar-refractivity contribution >= 4 is 0 Å². The molecule has 1 aromatic carbocycles. The van der Waals surface area contributed by atoms with Crippen LogP contribution in [0.4, 0.5) is 13.2 Å². The fourth-order valence-corrected chi connectivity index (χ4v) is 1.51. The van der Waals surface area contributed by atoms with E-state index in [-0.39, 0.29) is 0 Å². The van der Waals surface area contributed by atoms with Crippen LogP contribution >= 0.6 is 0 Å². The molecular formula is C9H7F3. The van der Waals surface area contributed by atoms with Gasteiger partial charge in [0.1, 0.15) is 0 Å². The lowest BCUT2D eigenvalue weighted by Gasteiger charge is -2.23. The molecule has 0 bridgehead atoms. The predicted molar refractivity (Wildman–Crippen MR) is 38.9 cm³/mol. The van der Waals surface area contributed by atoms with Crippen molar-refractivity contribution in [1.29, 1.82) is 0 Å². The van der Waals surface area contributed by atoms with Crippen LogP contribution in [0.3, 0.4) is 0 Å². The Morgan fingerprint density at radius 2 is 1.83 bits per heavy atom. The van der Waals surface area contributed by atoms with Crippen molar-refractivity contribution in [1.82, 2.24) is 0 Å².